The van der Waals surface area contributed by atoms with Gasteiger partial charge >= 0.3 is 6.09 Å². The summed E-state index contributed by atoms with van der Waals surface area (Å²) in [4.78, 5) is 35.1. The minimum atomic E-state index is -0.549. The van der Waals surface area contributed by atoms with Gasteiger partial charge in [0.15, 0.2) is 0 Å². The largest absolute Gasteiger partial charge is 0.444 e. The average Bonchev–Trinajstić information content (AvgIpc) is 3.60. The first-order valence-corrected chi connectivity index (χ1v) is 14.2. The molecule has 0 N–H and O–H groups in total. The van der Waals surface area contributed by atoms with E-state index in [1.54, 1.807) is 0 Å². The average molecular weight is 551 g/mol. The first-order valence-electron chi connectivity index (χ1n) is 13.8. The topological polar surface area (TPSA) is 76.9 Å². The van der Waals surface area contributed by atoms with Crippen molar-refractivity contribution < 1.29 is 19.1 Å². The molecule has 5 heterocycles. The minimum absolute atomic E-state index is 0.00517. The first-order chi connectivity index (χ1) is 18.6. The van der Waals surface area contributed by atoms with E-state index in [4.69, 9.17) is 21.1 Å². The van der Waals surface area contributed by atoms with Crippen molar-refractivity contribution in [2.45, 2.75) is 76.9 Å². The van der Waals surface area contributed by atoms with E-state index >= 15 is 0 Å². The number of amides is 2. The Labute approximate surface area is 233 Å². The lowest BCUT2D eigenvalue weighted by molar-refractivity contribution is -0.0762. The number of carbonyl (C=O) groups excluding carboxylic acids is 2. The van der Waals surface area contributed by atoms with Gasteiger partial charge in [0.1, 0.15) is 11.2 Å². The van der Waals surface area contributed by atoms with Gasteiger partial charge in [-0.1, -0.05) is 23.7 Å². The van der Waals surface area contributed by atoms with Crippen LogP contribution in [0.2, 0.25) is 5.02 Å². The van der Waals surface area contributed by atoms with Crippen molar-refractivity contribution in [1.82, 2.24) is 19.4 Å². The van der Waals surface area contributed by atoms with E-state index in [0.29, 0.717) is 43.4 Å². The van der Waals surface area contributed by atoms with Gasteiger partial charge in [0, 0.05) is 54.5 Å². The molecule has 0 saturated carbocycles. The maximum atomic E-state index is 13.9. The zero-order valence-corrected chi connectivity index (χ0v) is 23.5. The zero-order chi connectivity index (χ0) is 27.4. The van der Waals surface area contributed by atoms with Gasteiger partial charge < -0.3 is 23.8 Å². The monoisotopic (exact) mass is 550 g/mol. The van der Waals surface area contributed by atoms with Crippen LogP contribution in [-0.4, -0.2) is 62.6 Å². The minimum Gasteiger partial charge on any atom is -0.444 e. The Morgan fingerprint density at radius 3 is 2.74 bits per heavy atom. The molecule has 2 saturated heterocycles. The highest BCUT2D eigenvalue weighted by Gasteiger charge is 2.45. The van der Waals surface area contributed by atoms with Crippen LogP contribution in [0.1, 0.15) is 68.1 Å². The second-order valence-corrected chi connectivity index (χ2v) is 12.3. The molecule has 6 rings (SSSR count). The number of aromatic nitrogens is 2. The van der Waals surface area contributed by atoms with Crippen LogP contribution in [0.5, 0.6) is 0 Å². The van der Waals surface area contributed by atoms with E-state index in [9.17, 15) is 9.59 Å². The second kappa shape index (κ2) is 9.82. The first kappa shape index (κ1) is 26.1. The molecule has 2 fully saturated rings. The van der Waals surface area contributed by atoms with Gasteiger partial charge in [-0.25, -0.2) is 4.79 Å². The van der Waals surface area contributed by atoms with Gasteiger partial charge in [-0.3, -0.25) is 9.78 Å². The van der Waals surface area contributed by atoms with Crippen LogP contribution in [0, 0.1) is 0 Å². The van der Waals surface area contributed by atoms with Crippen molar-refractivity contribution >= 4 is 34.5 Å². The third-order valence-electron chi connectivity index (χ3n) is 8.17. The number of benzene rings is 1. The molecule has 2 aromatic heterocycles. The number of nitrogens with zero attached hydrogens (tertiary/aromatic N) is 4. The molecule has 3 aromatic rings. The highest BCUT2D eigenvalue weighted by Crippen LogP contribution is 2.43. The molecule has 0 bridgehead atoms. The summed E-state index contributed by atoms with van der Waals surface area (Å²) in [5, 5.41) is 1.48. The van der Waals surface area contributed by atoms with E-state index in [1.165, 1.54) is 0 Å². The molecular formula is C30H35ClN4O4. The van der Waals surface area contributed by atoms with Gasteiger partial charge in [0.05, 0.1) is 29.4 Å². The second-order valence-electron chi connectivity index (χ2n) is 11.9. The van der Waals surface area contributed by atoms with E-state index in [-0.39, 0.29) is 18.0 Å². The molecule has 3 aliphatic heterocycles. The fraction of sp³-hybridized carbons (Fsp3) is 0.500. The number of pyridine rings is 1. The number of halogens is 1. The van der Waals surface area contributed by atoms with Crippen molar-refractivity contribution in [3.05, 3.63) is 64.6 Å². The fourth-order valence-corrected chi connectivity index (χ4v) is 6.44. The summed E-state index contributed by atoms with van der Waals surface area (Å²) in [5.74, 6) is 0.00517. The molecule has 9 heteroatoms. The number of likely N-dealkylation sites (tertiary alicyclic amines) is 2. The molecular weight excluding hydrogens is 516 g/mol. The maximum Gasteiger partial charge on any atom is 0.410 e. The summed E-state index contributed by atoms with van der Waals surface area (Å²) in [6, 6.07) is 9.66. The molecule has 3 aliphatic rings. The summed E-state index contributed by atoms with van der Waals surface area (Å²) in [7, 11) is 0. The third-order valence-corrected chi connectivity index (χ3v) is 8.41. The molecule has 8 nitrogen and oxygen atoms in total. The fourth-order valence-electron chi connectivity index (χ4n) is 6.27. The number of piperidine rings is 1. The predicted octanol–water partition coefficient (Wildman–Crippen LogP) is 5.75. The van der Waals surface area contributed by atoms with Gasteiger partial charge in [-0.05, 0) is 64.7 Å². The molecule has 0 unspecified atom stereocenters. The summed E-state index contributed by atoms with van der Waals surface area (Å²) < 4.78 is 14.0. The van der Waals surface area contributed by atoms with Crippen molar-refractivity contribution in [2.24, 2.45) is 0 Å². The van der Waals surface area contributed by atoms with Gasteiger partial charge in [0.25, 0.3) is 5.91 Å². The Morgan fingerprint density at radius 2 is 1.97 bits per heavy atom. The van der Waals surface area contributed by atoms with Crippen LogP contribution in [0.15, 0.2) is 42.7 Å². The van der Waals surface area contributed by atoms with Crippen LogP contribution in [-0.2, 0) is 28.2 Å². The molecule has 2 amide bonds. The Morgan fingerprint density at radius 1 is 1.18 bits per heavy atom. The van der Waals surface area contributed by atoms with Gasteiger partial charge in [0.2, 0.25) is 0 Å². The SMILES string of the molecule is CC(C)(C)OC(=O)N1CCC[C@H]1Cn1cc(C(=O)N2CCC3(CC2)OCc2cccnc23)c2ccc(Cl)cc21. The number of carbonyl (C=O) groups is 2. The third kappa shape index (κ3) is 4.89. The molecule has 1 spiro atoms. The summed E-state index contributed by atoms with van der Waals surface area (Å²) in [5.41, 5.74) is 2.77. The molecule has 0 radical (unpaired) electrons. The van der Waals surface area contributed by atoms with E-state index in [0.717, 1.165) is 47.8 Å². The summed E-state index contributed by atoms with van der Waals surface area (Å²) in [6.45, 7) is 8.66. The highest BCUT2D eigenvalue weighted by molar-refractivity contribution is 6.31. The lowest BCUT2D eigenvalue weighted by Crippen LogP contribution is -2.45. The summed E-state index contributed by atoms with van der Waals surface area (Å²) >= 11 is 6.39. The normalized spacial score (nSPS) is 20.6. The number of ether oxygens (including phenoxy) is 2. The Kier molecular flexibility index (Phi) is 6.58. The molecule has 0 aliphatic carbocycles. The van der Waals surface area contributed by atoms with E-state index in [2.05, 4.69) is 15.6 Å². The Bertz CT molecular complexity index is 1420. The Hall–Kier alpha value is -3.10. The van der Waals surface area contributed by atoms with Crippen LogP contribution in [0.25, 0.3) is 10.9 Å². The number of fused-ring (bicyclic) bond motifs is 3. The van der Waals surface area contributed by atoms with Crippen molar-refractivity contribution in [3.8, 4) is 0 Å². The van der Waals surface area contributed by atoms with Crippen LogP contribution in [0.3, 0.4) is 0 Å². The molecule has 39 heavy (non-hydrogen) atoms. The standard InChI is InChI=1S/C30H35ClN4O4/c1-29(2,3)39-28(37)35-13-5-7-22(35)17-34-18-24(23-9-8-21(31)16-25(23)34)27(36)33-14-10-30(11-15-33)26-20(19-38-30)6-4-12-32-26/h4,6,8-9,12,16,18,22H,5,7,10-11,13-15,17,19H2,1-3H3/t22-/m0/s1. The van der Waals surface area contributed by atoms with Crippen molar-refractivity contribution in [3.63, 3.8) is 0 Å². The predicted molar refractivity (Wildman–Crippen MR) is 149 cm³/mol. The number of hydrogen-bond acceptors (Lipinski definition) is 5. The number of hydrogen-bond donors (Lipinski definition) is 0. The van der Waals surface area contributed by atoms with Gasteiger partial charge in [-0.2, -0.15) is 0 Å². The highest BCUT2D eigenvalue weighted by atomic mass is 35.5. The smallest absolute Gasteiger partial charge is 0.410 e. The lowest BCUT2D eigenvalue weighted by atomic mass is 9.87. The van der Waals surface area contributed by atoms with E-state index < -0.39 is 11.2 Å². The number of rotatable bonds is 3. The molecule has 1 atom stereocenters. The lowest BCUT2D eigenvalue weighted by Gasteiger charge is -2.38. The van der Waals surface area contributed by atoms with Crippen LogP contribution >= 0.6 is 11.6 Å². The summed E-state index contributed by atoms with van der Waals surface area (Å²) in [6.07, 6.45) is 6.71. The molecule has 1 aromatic carbocycles. The quantitative estimate of drug-likeness (QED) is 0.415. The molecule has 206 valence electrons. The van der Waals surface area contributed by atoms with Crippen LogP contribution < -0.4 is 0 Å². The van der Waals surface area contributed by atoms with Gasteiger partial charge in [-0.15, -0.1) is 0 Å². The Balaban J connectivity index is 1.23. The van der Waals surface area contributed by atoms with Crippen molar-refractivity contribution in [2.75, 3.05) is 19.6 Å². The maximum absolute atomic E-state index is 13.9. The van der Waals surface area contributed by atoms with Crippen molar-refractivity contribution in [1.29, 1.82) is 0 Å². The van der Waals surface area contributed by atoms with E-state index in [1.807, 2.05) is 67.2 Å². The van der Waals surface area contributed by atoms with Crippen LogP contribution in [0.4, 0.5) is 4.79 Å². The zero-order valence-electron chi connectivity index (χ0n) is 22.8.